The SMILES string of the molecule is COc1ccc(CCNC(=S)N/C=C/c2nc3ccccc3[nH]c2=O)cc1OC. The number of nitrogens with one attached hydrogen (secondary N) is 3. The first-order valence-electron chi connectivity index (χ1n) is 9.01. The number of H-pyrrole nitrogens is 1. The zero-order valence-electron chi connectivity index (χ0n) is 16.2. The van der Waals surface area contributed by atoms with Gasteiger partial charge in [0.25, 0.3) is 5.56 Å². The third-order valence-electron chi connectivity index (χ3n) is 4.23. The average Bonchev–Trinajstić information content (AvgIpc) is 2.74. The van der Waals surface area contributed by atoms with E-state index in [-0.39, 0.29) is 5.56 Å². The first kappa shape index (κ1) is 20.3. The Bertz CT molecular complexity index is 1090. The van der Waals surface area contributed by atoms with Crippen LogP contribution in [0.5, 0.6) is 11.5 Å². The van der Waals surface area contributed by atoms with E-state index in [0.717, 1.165) is 17.5 Å². The van der Waals surface area contributed by atoms with Crippen LogP contribution < -0.4 is 25.7 Å². The van der Waals surface area contributed by atoms with Crippen molar-refractivity contribution in [3.8, 4) is 11.5 Å². The molecule has 1 aromatic heterocycles. The second-order valence-corrected chi connectivity index (χ2v) is 6.55. The van der Waals surface area contributed by atoms with Gasteiger partial charge in [0.15, 0.2) is 16.6 Å². The number of rotatable bonds is 7. The van der Waals surface area contributed by atoms with Crippen molar-refractivity contribution in [3.05, 3.63) is 70.3 Å². The summed E-state index contributed by atoms with van der Waals surface area (Å²) in [7, 11) is 3.22. The second kappa shape index (κ2) is 9.70. The lowest BCUT2D eigenvalue weighted by Gasteiger charge is -2.11. The lowest BCUT2D eigenvalue weighted by atomic mass is 10.1. The highest BCUT2D eigenvalue weighted by molar-refractivity contribution is 7.80. The summed E-state index contributed by atoms with van der Waals surface area (Å²) in [6.07, 6.45) is 3.95. The fourth-order valence-electron chi connectivity index (χ4n) is 2.76. The molecule has 0 atom stereocenters. The number of methoxy groups -OCH3 is 2. The smallest absolute Gasteiger partial charge is 0.274 e. The molecule has 0 bridgehead atoms. The summed E-state index contributed by atoms with van der Waals surface area (Å²) in [6.45, 7) is 0.643. The van der Waals surface area contributed by atoms with Crippen LogP contribution in [0.1, 0.15) is 11.3 Å². The standard InChI is InChI=1S/C21H22N4O3S/c1-27-18-8-7-14(13-19(18)28-2)9-11-22-21(29)23-12-10-17-20(26)25-16-6-4-3-5-15(16)24-17/h3-8,10,12-13H,9,11H2,1-2H3,(H,25,26)(H2,22,23,29)/b12-10+. The molecule has 0 unspecified atom stereocenters. The molecule has 150 valence electrons. The maximum Gasteiger partial charge on any atom is 0.274 e. The molecule has 0 saturated carbocycles. The van der Waals surface area contributed by atoms with E-state index in [1.54, 1.807) is 26.5 Å². The molecule has 0 amide bonds. The van der Waals surface area contributed by atoms with Crippen molar-refractivity contribution in [2.24, 2.45) is 0 Å². The van der Waals surface area contributed by atoms with E-state index in [1.165, 1.54) is 0 Å². The molecule has 0 saturated heterocycles. The van der Waals surface area contributed by atoms with E-state index >= 15 is 0 Å². The molecule has 8 heteroatoms. The highest BCUT2D eigenvalue weighted by Gasteiger charge is 2.05. The third kappa shape index (κ3) is 5.32. The first-order valence-corrected chi connectivity index (χ1v) is 9.42. The van der Waals surface area contributed by atoms with Crippen molar-refractivity contribution in [2.75, 3.05) is 20.8 Å². The highest BCUT2D eigenvalue weighted by atomic mass is 32.1. The molecule has 2 aromatic carbocycles. The predicted molar refractivity (Wildman–Crippen MR) is 118 cm³/mol. The molecule has 0 fully saturated rings. The molecule has 3 N–H and O–H groups in total. The van der Waals surface area contributed by atoms with Crippen LogP contribution >= 0.6 is 12.2 Å². The number of aromatic nitrogens is 2. The molecule has 0 aliphatic heterocycles. The third-order valence-corrected chi connectivity index (χ3v) is 4.49. The van der Waals surface area contributed by atoms with E-state index in [0.29, 0.717) is 34.4 Å². The molecule has 7 nitrogen and oxygen atoms in total. The molecule has 0 radical (unpaired) electrons. The number of aromatic amines is 1. The summed E-state index contributed by atoms with van der Waals surface area (Å²) in [5.74, 6) is 1.39. The van der Waals surface area contributed by atoms with Crippen molar-refractivity contribution in [2.45, 2.75) is 6.42 Å². The molecule has 1 heterocycles. The summed E-state index contributed by atoms with van der Waals surface area (Å²) >= 11 is 5.26. The van der Waals surface area contributed by atoms with Gasteiger partial charge in [-0.2, -0.15) is 0 Å². The Morgan fingerprint density at radius 3 is 2.76 bits per heavy atom. The van der Waals surface area contributed by atoms with Gasteiger partial charge in [0.2, 0.25) is 0 Å². The number of thiocarbonyl (C=S) groups is 1. The van der Waals surface area contributed by atoms with Crippen LogP contribution in [0.4, 0.5) is 0 Å². The van der Waals surface area contributed by atoms with Crippen molar-refractivity contribution < 1.29 is 9.47 Å². The number of benzene rings is 2. The fraction of sp³-hybridized carbons (Fsp3) is 0.190. The van der Waals surface area contributed by atoms with E-state index in [1.807, 2.05) is 42.5 Å². The van der Waals surface area contributed by atoms with E-state index in [9.17, 15) is 4.79 Å². The van der Waals surface area contributed by atoms with Crippen LogP contribution in [0, 0.1) is 0 Å². The fourth-order valence-corrected chi connectivity index (χ4v) is 2.93. The first-order chi connectivity index (χ1) is 14.1. The van der Waals surface area contributed by atoms with Crippen LogP contribution in [0.15, 0.2) is 53.5 Å². The van der Waals surface area contributed by atoms with Crippen LogP contribution in [0.3, 0.4) is 0 Å². The van der Waals surface area contributed by atoms with Gasteiger partial charge in [0.05, 0.1) is 25.3 Å². The minimum atomic E-state index is -0.255. The van der Waals surface area contributed by atoms with Gasteiger partial charge in [0, 0.05) is 12.7 Å². The predicted octanol–water partition coefficient (Wildman–Crippen LogP) is 2.62. The number of hydrogen-bond acceptors (Lipinski definition) is 5. The van der Waals surface area contributed by atoms with Crippen LogP contribution in [0.25, 0.3) is 17.1 Å². The number of hydrogen-bond donors (Lipinski definition) is 3. The molecule has 3 aromatic rings. The van der Waals surface area contributed by atoms with Crippen LogP contribution in [-0.2, 0) is 6.42 Å². The van der Waals surface area contributed by atoms with Gasteiger partial charge in [-0.25, -0.2) is 4.98 Å². The Morgan fingerprint density at radius 2 is 1.97 bits per heavy atom. The van der Waals surface area contributed by atoms with Crippen molar-refractivity contribution in [1.29, 1.82) is 0 Å². The number of para-hydroxylation sites is 2. The van der Waals surface area contributed by atoms with Gasteiger partial charge in [-0.05, 0) is 54.5 Å². The number of nitrogens with zero attached hydrogens (tertiary/aromatic N) is 1. The van der Waals surface area contributed by atoms with Gasteiger partial charge in [-0.3, -0.25) is 4.79 Å². The summed E-state index contributed by atoms with van der Waals surface area (Å²) in [4.78, 5) is 19.2. The van der Waals surface area contributed by atoms with Gasteiger partial charge in [-0.1, -0.05) is 18.2 Å². The Labute approximate surface area is 173 Å². The van der Waals surface area contributed by atoms with Gasteiger partial charge in [0.1, 0.15) is 5.69 Å². The maximum atomic E-state index is 12.1. The molecule has 0 aliphatic carbocycles. The van der Waals surface area contributed by atoms with Gasteiger partial charge < -0.3 is 25.1 Å². The Kier molecular flexibility index (Phi) is 6.80. The summed E-state index contributed by atoms with van der Waals surface area (Å²) in [5, 5.41) is 6.51. The Balaban J connectivity index is 1.51. The molecule has 0 aliphatic rings. The molecule has 0 spiro atoms. The Hall–Kier alpha value is -3.39. The summed E-state index contributed by atoms with van der Waals surface area (Å²) in [5.41, 5.74) is 2.58. The lowest BCUT2D eigenvalue weighted by Crippen LogP contribution is -2.33. The topological polar surface area (TPSA) is 88.3 Å². The summed E-state index contributed by atoms with van der Waals surface area (Å²) < 4.78 is 10.5. The van der Waals surface area contributed by atoms with Gasteiger partial charge >= 0.3 is 0 Å². The average molecular weight is 410 g/mol. The zero-order valence-corrected chi connectivity index (χ0v) is 17.0. The Morgan fingerprint density at radius 1 is 1.17 bits per heavy atom. The minimum Gasteiger partial charge on any atom is -0.493 e. The van der Waals surface area contributed by atoms with Crippen molar-refractivity contribution in [3.63, 3.8) is 0 Å². The lowest BCUT2D eigenvalue weighted by molar-refractivity contribution is 0.354. The van der Waals surface area contributed by atoms with Crippen molar-refractivity contribution in [1.82, 2.24) is 20.6 Å². The van der Waals surface area contributed by atoms with E-state index < -0.39 is 0 Å². The van der Waals surface area contributed by atoms with E-state index in [4.69, 9.17) is 21.7 Å². The van der Waals surface area contributed by atoms with Crippen LogP contribution in [0.2, 0.25) is 0 Å². The quantitative estimate of drug-likeness (QED) is 0.516. The second-order valence-electron chi connectivity index (χ2n) is 6.14. The number of ether oxygens (including phenoxy) is 2. The monoisotopic (exact) mass is 410 g/mol. The molecule has 29 heavy (non-hydrogen) atoms. The number of fused-ring (bicyclic) bond motifs is 1. The largest absolute Gasteiger partial charge is 0.493 e. The highest BCUT2D eigenvalue weighted by Crippen LogP contribution is 2.27. The normalized spacial score (nSPS) is 10.8. The zero-order chi connectivity index (χ0) is 20.6. The van der Waals surface area contributed by atoms with E-state index in [2.05, 4.69) is 20.6 Å². The van der Waals surface area contributed by atoms with Gasteiger partial charge in [-0.15, -0.1) is 0 Å². The molecular formula is C21H22N4O3S. The maximum absolute atomic E-state index is 12.1. The summed E-state index contributed by atoms with van der Waals surface area (Å²) in [6, 6.07) is 13.2. The molecular weight excluding hydrogens is 388 g/mol. The van der Waals surface area contributed by atoms with Crippen LogP contribution in [-0.4, -0.2) is 35.8 Å². The van der Waals surface area contributed by atoms with Crippen molar-refractivity contribution >= 4 is 34.4 Å². The molecule has 3 rings (SSSR count). The minimum absolute atomic E-state index is 0.255.